The van der Waals surface area contributed by atoms with Gasteiger partial charge in [0.2, 0.25) is 0 Å². The van der Waals surface area contributed by atoms with Crippen molar-refractivity contribution in [2.24, 2.45) is 0 Å². The van der Waals surface area contributed by atoms with Crippen molar-refractivity contribution in [3.05, 3.63) is 35.4 Å². The molecular weight excluding hydrogens is 410 g/mol. The number of hydrogen-bond donors (Lipinski definition) is 2. The Morgan fingerprint density at radius 2 is 1.14 bits per heavy atom. The van der Waals surface area contributed by atoms with Crippen molar-refractivity contribution in [3.8, 4) is 0 Å². The van der Waals surface area contributed by atoms with Gasteiger partial charge in [-0.05, 0) is 24.3 Å². The molecule has 2 N–H and O–H groups in total. The third-order valence-corrected chi connectivity index (χ3v) is 2.56. The third kappa shape index (κ3) is 2.80. The largest absolute Gasteiger partial charge is 0.295 e. The minimum absolute atomic E-state index is 0.174. The molecule has 0 unspecified atom stereocenters. The second-order valence-electron chi connectivity index (χ2n) is 2.42. The minimum atomic E-state index is -0.174. The number of benzene rings is 1. The van der Waals surface area contributed by atoms with Crippen molar-refractivity contribution in [2.75, 3.05) is 0 Å². The van der Waals surface area contributed by atoms with Gasteiger partial charge in [0.1, 0.15) is 0 Å². The fraction of sp³-hybridized carbons (Fsp3) is 0. The zero-order chi connectivity index (χ0) is 10.6. The Bertz CT molecular complexity index is 316. The van der Waals surface area contributed by atoms with Crippen LogP contribution in [0.25, 0.3) is 0 Å². The molecule has 0 saturated carbocycles. The lowest BCUT2D eigenvalue weighted by molar-refractivity contribution is 0.0977. The first-order valence-electron chi connectivity index (χ1n) is 3.61. The van der Waals surface area contributed by atoms with Crippen LogP contribution in [0.5, 0.6) is 0 Å². The number of halogens is 2. The lowest BCUT2D eigenvalue weighted by Gasteiger charge is -2.00. The first kappa shape index (κ1) is 11.7. The number of carbonyl (C=O) groups is 2. The molecule has 0 heterocycles. The summed E-state index contributed by atoms with van der Waals surface area (Å²) in [6, 6.07) is 6.43. The van der Waals surface area contributed by atoms with Crippen LogP contribution in [0, 0.1) is 0 Å². The topological polar surface area (TPSA) is 58.2 Å². The summed E-state index contributed by atoms with van der Waals surface area (Å²) >= 11 is 3.53. The van der Waals surface area contributed by atoms with E-state index in [0.29, 0.717) is 11.1 Å². The van der Waals surface area contributed by atoms with Crippen LogP contribution >= 0.6 is 45.7 Å². The van der Waals surface area contributed by atoms with E-state index < -0.39 is 0 Å². The molecule has 4 nitrogen and oxygen atoms in total. The van der Waals surface area contributed by atoms with E-state index in [4.69, 9.17) is 0 Å². The maximum absolute atomic E-state index is 11.1. The lowest BCUT2D eigenvalue weighted by Crippen LogP contribution is -2.14. The van der Waals surface area contributed by atoms with E-state index in [1.54, 1.807) is 70.0 Å². The Morgan fingerprint density at radius 1 is 0.857 bits per heavy atom. The zero-order valence-electron chi connectivity index (χ0n) is 6.88. The SMILES string of the molecule is O=C(NI)c1ccc(C(=O)NI)cc1. The highest BCUT2D eigenvalue weighted by Crippen LogP contribution is 2.05. The van der Waals surface area contributed by atoms with E-state index in [1.807, 2.05) is 0 Å². The average Bonchev–Trinajstić information content (AvgIpc) is 2.27. The fourth-order valence-corrected chi connectivity index (χ4v) is 1.50. The van der Waals surface area contributed by atoms with Gasteiger partial charge in [0.25, 0.3) is 11.8 Å². The zero-order valence-corrected chi connectivity index (χ0v) is 11.2. The van der Waals surface area contributed by atoms with Crippen LogP contribution < -0.4 is 7.06 Å². The Balaban J connectivity index is 2.89. The fourth-order valence-electron chi connectivity index (χ4n) is 0.882. The van der Waals surface area contributed by atoms with E-state index in [2.05, 4.69) is 7.06 Å². The van der Waals surface area contributed by atoms with E-state index in [0.717, 1.165) is 0 Å². The molecule has 0 atom stereocenters. The smallest absolute Gasteiger partial charge is 0.259 e. The van der Waals surface area contributed by atoms with Gasteiger partial charge in [-0.25, -0.2) is 0 Å². The molecule has 1 aromatic rings. The monoisotopic (exact) mass is 416 g/mol. The molecule has 0 bridgehead atoms. The van der Waals surface area contributed by atoms with Crippen LogP contribution in [0.4, 0.5) is 0 Å². The molecule has 0 aliphatic carbocycles. The van der Waals surface area contributed by atoms with Gasteiger partial charge in [-0.2, -0.15) is 0 Å². The van der Waals surface area contributed by atoms with Gasteiger partial charge in [-0.3, -0.25) is 16.6 Å². The van der Waals surface area contributed by atoms with Crippen LogP contribution in [-0.2, 0) is 0 Å². The average molecular weight is 416 g/mol. The second-order valence-corrected chi connectivity index (χ2v) is 3.50. The number of rotatable bonds is 2. The summed E-state index contributed by atoms with van der Waals surface area (Å²) in [6.45, 7) is 0. The van der Waals surface area contributed by atoms with Crippen LogP contribution in [0.3, 0.4) is 0 Å². The summed E-state index contributed by atoms with van der Waals surface area (Å²) in [5, 5.41) is 0. The summed E-state index contributed by atoms with van der Waals surface area (Å²) in [4.78, 5) is 22.3. The van der Waals surface area contributed by atoms with E-state index in [9.17, 15) is 9.59 Å². The molecule has 6 heteroatoms. The first-order chi connectivity index (χ1) is 6.69. The molecule has 0 spiro atoms. The molecule has 1 aromatic carbocycles. The molecule has 2 amide bonds. The number of amides is 2. The van der Waals surface area contributed by atoms with E-state index in [1.165, 1.54) is 0 Å². The predicted molar refractivity (Wildman–Crippen MR) is 69.4 cm³/mol. The highest BCUT2D eigenvalue weighted by molar-refractivity contribution is 14.1. The second kappa shape index (κ2) is 5.49. The van der Waals surface area contributed by atoms with Gasteiger partial charge in [-0.15, -0.1) is 0 Å². The molecular formula is C8H6I2N2O2. The summed E-state index contributed by atoms with van der Waals surface area (Å²) in [7, 11) is 0. The highest BCUT2D eigenvalue weighted by Gasteiger charge is 2.06. The normalized spacial score (nSPS) is 9.29. The van der Waals surface area contributed by atoms with Gasteiger partial charge in [-0.1, -0.05) is 0 Å². The maximum atomic E-state index is 11.1. The summed E-state index contributed by atoms with van der Waals surface area (Å²) in [5.74, 6) is -0.348. The van der Waals surface area contributed by atoms with Crippen LogP contribution in [-0.4, -0.2) is 11.8 Å². The van der Waals surface area contributed by atoms with Gasteiger partial charge in [0, 0.05) is 11.1 Å². The van der Waals surface area contributed by atoms with E-state index in [-0.39, 0.29) is 11.8 Å². The summed E-state index contributed by atoms with van der Waals surface area (Å²) in [6.07, 6.45) is 0. The lowest BCUT2D eigenvalue weighted by atomic mass is 10.1. The minimum Gasteiger partial charge on any atom is -0.295 e. The van der Waals surface area contributed by atoms with Crippen molar-refractivity contribution in [3.63, 3.8) is 0 Å². The standard InChI is InChI=1S/C8H6I2N2O2/c9-11-7(13)5-1-2-6(4-3-5)8(14)12-10/h1-4H,(H,11,13)(H,12,14). The predicted octanol–water partition coefficient (Wildman–Crippen LogP) is 1.85. The van der Waals surface area contributed by atoms with Crippen molar-refractivity contribution >= 4 is 57.5 Å². The molecule has 74 valence electrons. The molecule has 0 radical (unpaired) electrons. The van der Waals surface area contributed by atoms with Gasteiger partial charge in [0.15, 0.2) is 0 Å². The molecule has 0 aromatic heterocycles. The summed E-state index contributed by atoms with van der Waals surface area (Å²) < 4.78 is 4.95. The van der Waals surface area contributed by atoms with Crippen LogP contribution in [0.2, 0.25) is 0 Å². The number of carbonyl (C=O) groups excluding carboxylic acids is 2. The maximum Gasteiger partial charge on any atom is 0.259 e. The van der Waals surface area contributed by atoms with Gasteiger partial charge in [0.05, 0.1) is 45.7 Å². The highest BCUT2D eigenvalue weighted by atomic mass is 127. The Kier molecular flexibility index (Phi) is 4.58. The van der Waals surface area contributed by atoms with E-state index >= 15 is 0 Å². The quantitative estimate of drug-likeness (QED) is 0.572. The number of nitrogens with one attached hydrogen (secondary N) is 2. The Morgan fingerprint density at radius 3 is 1.36 bits per heavy atom. The molecule has 14 heavy (non-hydrogen) atoms. The molecule has 1 rings (SSSR count). The van der Waals surface area contributed by atoms with Crippen molar-refractivity contribution in [1.29, 1.82) is 0 Å². The first-order valence-corrected chi connectivity index (χ1v) is 5.77. The van der Waals surface area contributed by atoms with Crippen LogP contribution in [0.1, 0.15) is 20.7 Å². The third-order valence-electron chi connectivity index (χ3n) is 1.58. The van der Waals surface area contributed by atoms with Crippen molar-refractivity contribution in [1.82, 2.24) is 7.06 Å². The molecule has 0 aliphatic heterocycles. The molecule has 0 saturated heterocycles. The Hall–Kier alpha value is -0.380. The summed E-state index contributed by atoms with van der Waals surface area (Å²) in [5.41, 5.74) is 1.06. The van der Waals surface area contributed by atoms with Crippen molar-refractivity contribution < 1.29 is 9.59 Å². The Labute approximate surface area is 109 Å². The van der Waals surface area contributed by atoms with Crippen molar-refractivity contribution in [2.45, 2.75) is 0 Å². The van der Waals surface area contributed by atoms with Gasteiger partial charge < -0.3 is 0 Å². The van der Waals surface area contributed by atoms with Gasteiger partial charge >= 0.3 is 0 Å². The molecule has 0 aliphatic rings. The number of hydrogen-bond acceptors (Lipinski definition) is 2. The molecule has 0 fully saturated rings. The van der Waals surface area contributed by atoms with Crippen LogP contribution in [0.15, 0.2) is 24.3 Å².